The third-order valence-corrected chi connectivity index (χ3v) is 5.93. The van der Waals surface area contributed by atoms with Gasteiger partial charge < -0.3 is 19.9 Å². The lowest BCUT2D eigenvalue weighted by atomic mass is 9.54. The molecule has 2 atom stereocenters. The van der Waals surface area contributed by atoms with E-state index in [0.717, 1.165) is 31.1 Å². The van der Waals surface area contributed by atoms with E-state index in [-0.39, 0.29) is 17.4 Å². The van der Waals surface area contributed by atoms with Crippen LogP contribution in [-0.4, -0.2) is 65.3 Å². The van der Waals surface area contributed by atoms with Crippen molar-refractivity contribution in [1.82, 2.24) is 15.0 Å². The highest BCUT2D eigenvalue weighted by Crippen LogP contribution is 2.50. The molecule has 2 unspecified atom stereocenters. The molecular formula is C18H30N4O3. The number of ether oxygens (including phenoxy) is 1. The molecule has 1 aliphatic heterocycles. The zero-order valence-electron chi connectivity index (χ0n) is 15.7. The molecule has 0 spiro atoms. The van der Waals surface area contributed by atoms with Crippen molar-refractivity contribution in [2.75, 3.05) is 32.8 Å². The normalized spacial score (nSPS) is 29.5. The van der Waals surface area contributed by atoms with Gasteiger partial charge in [-0.15, -0.1) is 0 Å². The van der Waals surface area contributed by atoms with Crippen LogP contribution in [0, 0.1) is 12.3 Å². The number of carbonyl (C=O) groups is 1. The average Bonchev–Trinajstić information content (AvgIpc) is 2.99. The Kier molecular flexibility index (Phi) is 4.92. The smallest absolute Gasteiger partial charge is 0.243 e. The summed E-state index contributed by atoms with van der Waals surface area (Å²) in [5.74, 6) is 0.927. The summed E-state index contributed by atoms with van der Waals surface area (Å²) in [6.07, 6.45) is 0.659. The van der Waals surface area contributed by atoms with Crippen molar-refractivity contribution in [2.24, 2.45) is 11.1 Å². The highest BCUT2D eigenvalue weighted by atomic mass is 16.5. The number of aromatic nitrogens is 1. The Balaban J connectivity index is 1.55. The Morgan fingerprint density at radius 1 is 1.40 bits per heavy atom. The van der Waals surface area contributed by atoms with Gasteiger partial charge in [0.1, 0.15) is 5.54 Å². The molecule has 1 aromatic heterocycles. The fourth-order valence-electron chi connectivity index (χ4n) is 3.90. The largest absolute Gasteiger partial charge is 0.378 e. The van der Waals surface area contributed by atoms with E-state index in [0.29, 0.717) is 26.1 Å². The summed E-state index contributed by atoms with van der Waals surface area (Å²) in [6.45, 7) is 12.4. The third kappa shape index (κ3) is 3.20. The monoisotopic (exact) mass is 350 g/mol. The number of rotatable bonds is 5. The van der Waals surface area contributed by atoms with Crippen LogP contribution < -0.4 is 5.73 Å². The van der Waals surface area contributed by atoms with Crippen molar-refractivity contribution >= 4 is 5.91 Å². The minimum Gasteiger partial charge on any atom is -0.378 e. The second-order valence-electron chi connectivity index (χ2n) is 7.84. The van der Waals surface area contributed by atoms with E-state index in [2.05, 4.69) is 10.1 Å². The quantitative estimate of drug-likeness (QED) is 0.858. The number of carbonyl (C=O) groups excluding carboxylic acids is 1. The van der Waals surface area contributed by atoms with E-state index in [4.69, 9.17) is 15.0 Å². The highest BCUT2D eigenvalue weighted by Gasteiger charge is 2.63. The standard InChI is InChI=1S/C18H30N4O3/c1-5-24-15-11-18(19,17(15,3)4)16(23)22-8-6-21(7-9-22)12-14-10-13(2)20-25-14/h10,15H,5-9,11-12,19H2,1-4H3. The number of amides is 1. The lowest BCUT2D eigenvalue weighted by Gasteiger charge is -2.59. The molecule has 1 aromatic rings. The van der Waals surface area contributed by atoms with Crippen molar-refractivity contribution in [3.63, 3.8) is 0 Å². The van der Waals surface area contributed by atoms with Gasteiger partial charge in [0.25, 0.3) is 0 Å². The molecule has 1 amide bonds. The molecule has 140 valence electrons. The van der Waals surface area contributed by atoms with Gasteiger partial charge in [-0.1, -0.05) is 19.0 Å². The second-order valence-corrected chi connectivity index (χ2v) is 7.84. The van der Waals surface area contributed by atoms with Crippen LogP contribution in [0.1, 0.15) is 38.6 Å². The van der Waals surface area contributed by atoms with Crippen LogP contribution in [0.2, 0.25) is 0 Å². The van der Waals surface area contributed by atoms with E-state index in [1.165, 1.54) is 0 Å². The van der Waals surface area contributed by atoms with Gasteiger partial charge in [-0.05, 0) is 13.8 Å². The fourth-order valence-corrected chi connectivity index (χ4v) is 3.90. The molecule has 2 N–H and O–H groups in total. The van der Waals surface area contributed by atoms with Crippen LogP contribution in [0.3, 0.4) is 0 Å². The maximum atomic E-state index is 13.0. The zero-order chi connectivity index (χ0) is 18.2. The molecule has 1 aliphatic carbocycles. The first-order chi connectivity index (χ1) is 11.8. The Morgan fingerprint density at radius 2 is 2.08 bits per heavy atom. The first-order valence-electron chi connectivity index (χ1n) is 9.12. The molecule has 3 rings (SSSR count). The maximum absolute atomic E-state index is 13.0. The summed E-state index contributed by atoms with van der Waals surface area (Å²) in [4.78, 5) is 17.2. The molecule has 1 saturated heterocycles. The first-order valence-corrected chi connectivity index (χ1v) is 9.12. The molecule has 2 aliphatic rings. The molecule has 0 bridgehead atoms. The Bertz CT molecular complexity index is 622. The van der Waals surface area contributed by atoms with Gasteiger partial charge in [-0.2, -0.15) is 0 Å². The van der Waals surface area contributed by atoms with Crippen LogP contribution in [0.25, 0.3) is 0 Å². The van der Waals surface area contributed by atoms with Crippen LogP contribution >= 0.6 is 0 Å². The first kappa shape index (κ1) is 18.4. The second kappa shape index (κ2) is 6.70. The van der Waals surface area contributed by atoms with Crippen molar-refractivity contribution < 1.29 is 14.1 Å². The van der Waals surface area contributed by atoms with Gasteiger partial charge in [-0.25, -0.2) is 0 Å². The number of hydrogen-bond donors (Lipinski definition) is 1. The Morgan fingerprint density at radius 3 is 2.60 bits per heavy atom. The summed E-state index contributed by atoms with van der Waals surface area (Å²) < 4.78 is 11.0. The summed E-state index contributed by atoms with van der Waals surface area (Å²) in [5.41, 5.74) is 6.26. The summed E-state index contributed by atoms with van der Waals surface area (Å²) in [6, 6.07) is 1.96. The molecule has 0 radical (unpaired) electrons. The van der Waals surface area contributed by atoms with E-state index in [9.17, 15) is 4.79 Å². The van der Waals surface area contributed by atoms with Crippen LogP contribution in [-0.2, 0) is 16.1 Å². The van der Waals surface area contributed by atoms with E-state index in [1.807, 2.05) is 38.7 Å². The molecule has 2 fully saturated rings. The zero-order valence-corrected chi connectivity index (χ0v) is 15.7. The maximum Gasteiger partial charge on any atom is 0.243 e. The molecule has 1 saturated carbocycles. The number of nitrogens with zero attached hydrogens (tertiary/aromatic N) is 3. The van der Waals surface area contributed by atoms with Crippen molar-refractivity contribution in [3.8, 4) is 0 Å². The van der Waals surface area contributed by atoms with Crippen LogP contribution in [0.5, 0.6) is 0 Å². The molecule has 2 heterocycles. The van der Waals surface area contributed by atoms with Crippen LogP contribution in [0.15, 0.2) is 10.6 Å². The third-order valence-electron chi connectivity index (χ3n) is 5.93. The van der Waals surface area contributed by atoms with Gasteiger partial charge in [-0.3, -0.25) is 9.69 Å². The van der Waals surface area contributed by atoms with Crippen molar-refractivity contribution in [3.05, 3.63) is 17.5 Å². The van der Waals surface area contributed by atoms with E-state index >= 15 is 0 Å². The lowest BCUT2D eigenvalue weighted by Crippen LogP contribution is -2.76. The predicted molar refractivity (Wildman–Crippen MR) is 93.8 cm³/mol. The minimum absolute atomic E-state index is 0.0578. The molecular weight excluding hydrogens is 320 g/mol. The summed E-state index contributed by atoms with van der Waals surface area (Å²) in [5, 5.41) is 3.92. The van der Waals surface area contributed by atoms with Crippen LogP contribution in [0.4, 0.5) is 0 Å². The minimum atomic E-state index is -0.822. The molecule has 0 aromatic carbocycles. The van der Waals surface area contributed by atoms with Gasteiger partial charge in [0.05, 0.1) is 18.3 Å². The molecule has 25 heavy (non-hydrogen) atoms. The van der Waals surface area contributed by atoms with Gasteiger partial charge in [0.15, 0.2) is 5.76 Å². The van der Waals surface area contributed by atoms with Gasteiger partial charge in [0.2, 0.25) is 5.91 Å². The summed E-state index contributed by atoms with van der Waals surface area (Å²) >= 11 is 0. The number of aryl methyl sites for hydroxylation is 1. The van der Waals surface area contributed by atoms with Gasteiger partial charge >= 0.3 is 0 Å². The fraction of sp³-hybridized carbons (Fsp3) is 0.778. The average molecular weight is 350 g/mol. The van der Waals surface area contributed by atoms with Crippen molar-refractivity contribution in [1.29, 1.82) is 0 Å². The topological polar surface area (TPSA) is 84.8 Å². The summed E-state index contributed by atoms with van der Waals surface area (Å²) in [7, 11) is 0. The van der Waals surface area contributed by atoms with E-state index in [1.54, 1.807) is 0 Å². The Hall–Kier alpha value is -1.44. The SMILES string of the molecule is CCOC1CC(N)(C(=O)N2CCN(Cc3cc(C)no3)CC2)C1(C)C. The van der Waals surface area contributed by atoms with Crippen molar-refractivity contribution in [2.45, 2.75) is 52.3 Å². The molecule has 7 nitrogen and oxygen atoms in total. The lowest BCUT2D eigenvalue weighted by molar-refractivity contribution is -0.180. The van der Waals surface area contributed by atoms with Gasteiger partial charge in [0, 0.05) is 50.7 Å². The molecule has 7 heteroatoms. The predicted octanol–water partition coefficient (Wildman–Crippen LogP) is 1.16. The number of piperazine rings is 1. The Labute approximate surface area is 149 Å². The number of hydrogen-bond acceptors (Lipinski definition) is 6. The van der Waals surface area contributed by atoms with E-state index < -0.39 is 5.54 Å². The number of nitrogens with two attached hydrogens (primary N) is 1. The highest BCUT2D eigenvalue weighted by molar-refractivity contribution is 5.89.